The van der Waals surface area contributed by atoms with Gasteiger partial charge in [0.15, 0.2) is 0 Å². The van der Waals surface area contributed by atoms with Gasteiger partial charge in [0.1, 0.15) is 11.1 Å². The highest BCUT2D eigenvalue weighted by Gasteiger charge is 2.19. The number of carbonyl (C=O) groups excluding carboxylic acids is 1. The molecule has 0 aliphatic carbocycles. The number of nitrogens with one attached hydrogen (secondary N) is 1. The van der Waals surface area contributed by atoms with Crippen LogP contribution in [0.3, 0.4) is 0 Å². The van der Waals surface area contributed by atoms with Crippen LogP contribution in [0.1, 0.15) is 37.5 Å². The van der Waals surface area contributed by atoms with Gasteiger partial charge in [-0.1, -0.05) is 93.2 Å². The van der Waals surface area contributed by atoms with Crippen molar-refractivity contribution in [2.45, 2.75) is 38.1 Å². The summed E-state index contributed by atoms with van der Waals surface area (Å²) >= 11 is 4.78. The minimum Gasteiger partial charge on any atom is -0.324 e. The molecular weight excluding hydrogens is 542 g/mol. The number of halogens is 1. The standard InChI is InChI=1S/C31H28BrN3OS/c1-20-10-15-27(26(32)16-20)34-29(36)19-37-30-25(18-33)24(17-28(35-30)22-8-6-5-7-9-22)21-11-13-23(14-12-21)31(2,3)4/h5-17H,19H2,1-4H3,(H,34,36). The molecule has 1 heterocycles. The average Bonchev–Trinajstić information content (AvgIpc) is 2.88. The third kappa shape index (κ3) is 6.49. The Kier molecular flexibility index (Phi) is 8.16. The van der Waals surface area contributed by atoms with E-state index < -0.39 is 0 Å². The van der Waals surface area contributed by atoms with Crippen LogP contribution >= 0.6 is 27.7 Å². The van der Waals surface area contributed by atoms with Gasteiger partial charge >= 0.3 is 0 Å². The number of nitrogens with zero attached hydrogens (tertiary/aromatic N) is 2. The van der Waals surface area contributed by atoms with Gasteiger partial charge in [-0.25, -0.2) is 4.98 Å². The van der Waals surface area contributed by atoms with Gasteiger partial charge in [0.05, 0.1) is 22.7 Å². The summed E-state index contributed by atoms with van der Waals surface area (Å²) in [7, 11) is 0. The first-order valence-electron chi connectivity index (χ1n) is 12.0. The third-order valence-corrected chi connectivity index (χ3v) is 7.60. The fraction of sp³-hybridized carbons (Fsp3) is 0.194. The van der Waals surface area contributed by atoms with Gasteiger partial charge in [0, 0.05) is 15.6 Å². The predicted molar refractivity (Wildman–Crippen MR) is 157 cm³/mol. The summed E-state index contributed by atoms with van der Waals surface area (Å²) in [5, 5.41) is 13.6. The number of amides is 1. The van der Waals surface area contributed by atoms with Crippen molar-refractivity contribution in [1.82, 2.24) is 4.98 Å². The molecule has 0 atom stereocenters. The Morgan fingerprint density at radius 1 is 1.00 bits per heavy atom. The molecule has 0 saturated heterocycles. The van der Waals surface area contributed by atoms with Gasteiger partial charge in [-0.3, -0.25) is 4.79 Å². The van der Waals surface area contributed by atoms with Crippen molar-refractivity contribution in [2.75, 3.05) is 11.1 Å². The number of anilines is 1. The molecular formula is C31H28BrN3OS. The van der Waals surface area contributed by atoms with E-state index in [1.165, 1.54) is 17.3 Å². The summed E-state index contributed by atoms with van der Waals surface area (Å²) in [6.45, 7) is 8.53. The van der Waals surface area contributed by atoms with Crippen molar-refractivity contribution >= 4 is 39.3 Å². The first kappa shape index (κ1) is 26.7. The lowest BCUT2D eigenvalue weighted by atomic mass is 9.86. The van der Waals surface area contributed by atoms with Gasteiger partial charge in [-0.15, -0.1) is 0 Å². The highest BCUT2D eigenvalue weighted by atomic mass is 79.9. The lowest BCUT2D eigenvalue weighted by Gasteiger charge is -2.19. The van der Waals surface area contributed by atoms with E-state index in [4.69, 9.17) is 4.98 Å². The zero-order valence-corrected chi connectivity index (χ0v) is 23.7. The Hall–Kier alpha value is -3.40. The SMILES string of the molecule is Cc1ccc(NC(=O)CSc2nc(-c3ccccc3)cc(-c3ccc(C(C)(C)C)cc3)c2C#N)c(Br)c1. The molecule has 4 aromatic rings. The summed E-state index contributed by atoms with van der Waals surface area (Å²) in [6.07, 6.45) is 0. The molecule has 0 saturated carbocycles. The lowest BCUT2D eigenvalue weighted by Crippen LogP contribution is -2.14. The average molecular weight is 571 g/mol. The van der Waals surface area contributed by atoms with Gasteiger partial charge in [0.2, 0.25) is 5.91 Å². The van der Waals surface area contributed by atoms with Crippen LogP contribution in [0.15, 0.2) is 88.4 Å². The highest BCUT2D eigenvalue weighted by Crippen LogP contribution is 2.35. The van der Waals surface area contributed by atoms with E-state index in [1.807, 2.05) is 61.5 Å². The van der Waals surface area contributed by atoms with Crippen molar-refractivity contribution in [1.29, 1.82) is 5.26 Å². The maximum atomic E-state index is 12.8. The molecule has 3 aromatic carbocycles. The molecule has 1 N–H and O–H groups in total. The molecule has 0 aliphatic rings. The number of thioether (sulfide) groups is 1. The number of hydrogen-bond acceptors (Lipinski definition) is 4. The maximum absolute atomic E-state index is 12.8. The monoisotopic (exact) mass is 569 g/mol. The van der Waals surface area contributed by atoms with E-state index in [1.54, 1.807) is 0 Å². The smallest absolute Gasteiger partial charge is 0.234 e. The number of nitriles is 1. The lowest BCUT2D eigenvalue weighted by molar-refractivity contribution is -0.113. The minimum absolute atomic E-state index is 0.0326. The number of rotatable bonds is 6. The van der Waals surface area contributed by atoms with E-state index in [9.17, 15) is 10.1 Å². The van der Waals surface area contributed by atoms with Crippen LogP contribution in [-0.2, 0) is 10.2 Å². The molecule has 0 aliphatic heterocycles. The Balaban J connectivity index is 1.69. The summed E-state index contributed by atoms with van der Waals surface area (Å²) in [4.78, 5) is 17.6. The minimum atomic E-state index is -0.165. The van der Waals surface area contributed by atoms with Gasteiger partial charge in [-0.2, -0.15) is 5.26 Å². The third-order valence-electron chi connectivity index (χ3n) is 5.97. The second-order valence-electron chi connectivity index (χ2n) is 9.86. The summed E-state index contributed by atoms with van der Waals surface area (Å²) in [5.41, 5.74) is 7.00. The number of benzene rings is 3. The van der Waals surface area contributed by atoms with Crippen molar-refractivity contribution < 1.29 is 4.79 Å². The first-order chi connectivity index (χ1) is 17.7. The molecule has 4 nitrogen and oxygen atoms in total. The number of pyridine rings is 1. The highest BCUT2D eigenvalue weighted by molar-refractivity contribution is 9.10. The van der Waals surface area contributed by atoms with Crippen LogP contribution in [-0.4, -0.2) is 16.6 Å². The number of carbonyl (C=O) groups is 1. The number of hydrogen-bond donors (Lipinski definition) is 1. The molecule has 0 radical (unpaired) electrons. The summed E-state index contributed by atoms with van der Waals surface area (Å²) in [5.74, 6) is -0.0377. The quantitative estimate of drug-likeness (QED) is 0.237. The number of aromatic nitrogens is 1. The van der Waals surface area contributed by atoms with E-state index in [0.717, 1.165) is 32.4 Å². The van der Waals surface area contributed by atoms with Crippen LogP contribution in [0.4, 0.5) is 5.69 Å². The second kappa shape index (κ2) is 11.3. The molecule has 4 rings (SSSR count). The molecule has 186 valence electrons. The molecule has 0 bridgehead atoms. The summed E-state index contributed by atoms with van der Waals surface area (Å²) < 4.78 is 0.828. The Labute approximate surface area is 231 Å². The van der Waals surface area contributed by atoms with Crippen LogP contribution in [0.25, 0.3) is 22.4 Å². The molecule has 1 amide bonds. The first-order valence-corrected chi connectivity index (χ1v) is 13.7. The van der Waals surface area contributed by atoms with Crippen LogP contribution in [0.5, 0.6) is 0 Å². The molecule has 0 unspecified atom stereocenters. The van der Waals surface area contributed by atoms with Crippen LogP contribution in [0.2, 0.25) is 0 Å². The topological polar surface area (TPSA) is 65.8 Å². The molecule has 0 spiro atoms. The van der Waals surface area contributed by atoms with E-state index >= 15 is 0 Å². The van der Waals surface area contributed by atoms with Gasteiger partial charge in [0.25, 0.3) is 0 Å². The van der Waals surface area contributed by atoms with E-state index in [0.29, 0.717) is 16.3 Å². The predicted octanol–water partition coefficient (Wildman–Crippen LogP) is 8.39. The fourth-order valence-corrected chi connectivity index (χ4v) is 5.31. The maximum Gasteiger partial charge on any atom is 0.234 e. The van der Waals surface area contributed by atoms with E-state index in [-0.39, 0.29) is 17.1 Å². The van der Waals surface area contributed by atoms with Crippen LogP contribution < -0.4 is 5.32 Å². The second-order valence-corrected chi connectivity index (χ2v) is 11.7. The zero-order valence-electron chi connectivity index (χ0n) is 21.3. The van der Waals surface area contributed by atoms with Crippen LogP contribution in [0, 0.1) is 18.3 Å². The molecule has 6 heteroatoms. The fourth-order valence-electron chi connectivity index (χ4n) is 3.91. The molecule has 1 aromatic heterocycles. The van der Waals surface area contributed by atoms with E-state index in [2.05, 4.69) is 72.4 Å². The summed E-state index contributed by atoms with van der Waals surface area (Å²) in [6, 6.07) is 28.3. The molecule has 0 fully saturated rings. The van der Waals surface area contributed by atoms with Crippen molar-refractivity contribution in [2.24, 2.45) is 0 Å². The van der Waals surface area contributed by atoms with Gasteiger partial charge < -0.3 is 5.32 Å². The molecule has 37 heavy (non-hydrogen) atoms. The van der Waals surface area contributed by atoms with Crippen molar-refractivity contribution in [3.05, 3.63) is 100 Å². The largest absolute Gasteiger partial charge is 0.324 e. The Morgan fingerprint density at radius 3 is 2.32 bits per heavy atom. The Bertz CT molecular complexity index is 1470. The van der Waals surface area contributed by atoms with Crippen molar-refractivity contribution in [3.63, 3.8) is 0 Å². The normalized spacial score (nSPS) is 11.1. The number of aryl methyl sites for hydroxylation is 1. The Morgan fingerprint density at radius 2 is 1.70 bits per heavy atom. The zero-order chi connectivity index (χ0) is 26.6. The van der Waals surface area contributed by atoms with Gasteiger partial charge in [-0.05, 0) is 63.2 Å². The van der Waals surface area contributed by atoms with Crippen molar-refractivity contribution in [3.8, 4) is 28.5 Å².